The summed E-state index contributed by atoms with van der Waals surface area (Å²) in [7, 11) is 0. The van der Waals surface area contributed by atoms with Crippen LogP contribution in [-0.4, -0.2) is 17.0 Å². The lowest BCUT2D eigenvalue weighted by Crippen LogP contribution is -2.24. The normalized spacial score (nSPS) is 9.25. The van der Waals surface area contributed by atoms with Gasteiger partial charge in [-0.15, -0.1) is 0 Å². The smallest absolute Gasteiger partial charge is 0.282 e. The molecule has 1 aromatic carbocycles. The van der Waals surface area contributed by atoms with E-state index in [9.17, 15) is 9.90 Å². The second kappa shape index (κ2) is 4.51. The standard InChI is InChI=1S/C9H7ClN4O2/c1-13-4-2-5(7(15)6(10)3-4)8(16)14-9(11)12/h2-3,15H,(H4,11,12,14,16). The number of halogens is 1. The summed E-state index contributed by atoms with van der Waals surface area (Å²) >= 11 is 5.62. The largest absolute Gasteiger partial charge is 0.506 e. The number of hydrogen-bond donors (Lipinski definition) is 3. The number of carbonyl (C=O) groups excluding carboxylic acids is 1. The van der Waals surface area contributed by atoms with Crippen molar-refractivity contribution in [3.63, 3.8) is 0 Å². The third-order valence-electron chi connectivity index (χ3n) is 1.64. The number of carbonyl (C=O) groups is 1. The van der Waals surface area contributed by atoms with Crippen molar-refractivity contribution in [2.24, 2.45) is 16.5 Å². The molecule has 1 rings (SSSR count). The van der Waals surface area contributed by atoms with Crippen LogP contribution in [0.5, 0.6) is 5.75 Å². The van der Waals surface area contributed by atoms with Crippen molar-refractivity contribution >= 4 is 29.2 Å². The minimum Gasteiger partial charge on any atom is -0.506 e. The first-order valence-corrected chi connectivity index (χ1v) is 4.37. The Labute approximate surface area is 96.0 Å². The summed E-state index contributed by atoms with van der Waals surface area (Å²) in [5.74, 6) is -1.75. The minimum atomic E-state index is -0.857. The van der Waals surface area contributed by atoms with Crippen molar-refractivity contribution < 1.29 is 9.90 Å². The quantitative estimate of drug-likeness (QED) is 0.386. The molecule has 5 N–H and O–H groups in total. The third kappa shape index (κ3) is 2.40. The molecule has 0 fully saturated rings. The molecule has 0 radical (unpaired) electrons. The molecule has 6 nitrogen and oxygen atoms in total. The molecule has 0 aliphatic rings. The highest BCUT2D eigenvalue weighted by molar-refractivity contribution is 6.33. The minimum absolute atomic E-state index is 0.108. The zero-order valence-corrected chi connectivity index (χ0v) is 8.69. The maximum Gasteiger partial charge on any atom is 0.282 e. The SMILES string of the molecule is [C-]#[N+]c1cc(Cl)c(O)c(C(=O)N=C(N)N)c1. The van der Waals surface area contributed by atoms with Crippen molar-refractivity contribution in [3.8, 4) is 5.75 Å². The van der Waals surface area contributed by atoms with E-state index in [1.165, 1.54) is 6.07 Å². The highest BCUT2D eigenvalue weighted by Gasteiger charge is 2.15. The lowest BCUT2D eigenvalue weighted by Gasteiger charge is -2.03. The molecule has 0 aliphatic heterocycles. The molecular weight excluding hydrogens is 232 g/mol. The van der Waals surface area contributed by atoms with Crippen LogP contribution in [0.2, 0.25) is 5.02 Å². The van der Waals surface area contributed by atoms with E-state index >= 15 is 0 Å². The van der Waals surface area contributed by atoms with Crippen LogP contribution in [0, 0.1) is 6.57 Å². The Balaban J connectivity index is 3.34. The number of phenols is 1. The summed E-state index contributed by atoms with van der Waals surface area (Å²) in [4.78, 5) is 17.7. The monoisotopic (exact) mass is 238 g/mol. The average Bonchev–Trinajstić information content (AvgIpc) is 2.20. The molecule has 0 saturated heterocycles. The van der Waals surface area contributed by atoms with Gasteiger partial charge in [0.05, 0.1) is 17.2 Å². The molecule has 0 unspecified atom stereocenters. The highest BCUT2D eigenvalue weighted by Crippen LogP contribution is 2.32. The fraction of sp³-hybridized carbons (Fsp3) is 0. The van der Waals surface area contributed by atoms with E-state index in [1.54, 1.807) is 0 Å². The van der Waals surface area contributed by atoms with Crippen LogP contribution >= 0.6 is 11.6 Å². The number of rotatable bonds is 1. The topological polar surface area (TPSA) is 106 Å². The second-order valence-corrected chi connectivity index (χ2v) is 3.18. The summed E-state index contributed by atoms with van der Waals surface area (Å²) in [6.07, 6.45) is 0. The molecule has 0 atom stereocenters. The van der Waals surface area contributed by atoms with Gasteiger partial charge in [0.2, 0.25) is 0 Å². The molecule has 1 amide bonds. The molecular formula is C9H7ClN4O2. The van der Waals surface area contributed by atoms with E-state index in [-0.39, 0.29) is 16.3 Å². The Morgan fingerprint density at radius 3 is 2.62 bits per heavy atom. The summed E-state index contributed by atoms with van der Waals surface area (Å²) in [5.41, 5.74) is 9.93. The number of benzene rings is 1. The van der Waals surface area contributed by atoms with Crippen LogP contribution in [-0.2, 0) is 0 Å². The molecule has 0 heterocycles. The fourth-order valence-corrected chi connectivity index (χ4v) is 1.20. The van der Waals surface area contributed by atoms with Crippen LogP contribution in [0.3, 0.4) is 0 Å². The summed E-state index contributed by atoms with van der Waals surface area (Å²) in [6, 6.07) is 2.39. The van der Waals surface area contributed by atoms with Crippen molar-refractivity contribution in [3.05, 3.63) is 34.1 Å². The van der Waals surface area contributed by atoms with Crippen LogP contribution in [0.15, 0.2) is 17.1 Å². The number of guanidine groups is 1. The Hall–Kier alpha value is -2.26. The lowest BCUT2D eigenvalue weighted by atomic mass is 10.1. The maximum absolute atomic E-state index is 11.4. The number of aromatic hydroxyl groups is 1. The number of amides is 1. The van der Waals surface area contributed by atoms with E-state index < -0.39 is 17.6 Å². The Morgan fingerprint density at radius 2 is 2.12 bits per heavy atom. The lowest BCUT2D eigenvalue weighted by molar-refractivity contribution is 0.1000. The van der Waals surface area contributed by atoms with Crippen molar-refractivity contribution in [1.29, 1.82) is 0 Å². The van der Waals surface area contributed by atoms with Gasteiger partial charge >= 0.3 is 0 Å². The number of phenolic OH excluding ortho intramolecular Hbond substituents is 1. The third-order valence-corrected chi connectivity index (χ3v) is 1.93. The van der Waals surface area contributed by atoms with Gasteiger partial charge in [-0.05, 0) is 12.1 Å². The van der Waals surface area contributed by atoms with Gasteiger partial charge in [-0.3, -0.25) is 4.79 Å². The first kappa shape index (κ1) is 11.8. The van der Waals surface area contributed by atoms with E-state index in [2.05, 4.69) is 9.84 Å². The highest BCUT2D eigenvalue weighted by atomic mass is 35.5. The zero-order valence-electron chi connectivity index (χ0n) is 7.94. The van der Waals surface area contributed by atoms with Crippen molar-refractivity contribution in [1.82, 2.24) is 0 Å². The summed E-state index contributed by atoms with van der Waals surface area (Å²) < 4.78 is 0. The molecule has 7 heteroatoms. The van der Waals surface area contributed by atoms with Gasteiger partial charge in [0.15, 0.2) is 11.6 Å². The first-order chi connectivity index (χ1) is 7.45. The molecule has 1 aromatic rings. The Morgan fingerprint density at radius 1 is 1.50 bits per heavy atom. The van der Waals surface area contributed by atoms with Crippen molar-refractivity contribution in [2.45, 2.75) is 0 Å². The molecule has 82 valence electrons. The Kier molecular flexibility index (Phi) is 3.33. The van der Waals surface area contributed by atoms with E-state index in [4.69, 9.17) is 29.6 Å². The molecule has 0 aliphatic carbocycles. The summed E-state index contributed by atoms with van der Waals surface area (Å²) in [6.45, 7) is 6.78. The molecule has 0 saturated carbocycles. The van der Waals surface area contributed by atoms with Gasteiger partial charge in [0, 0.05) is 0 Å². The van der Waals surface area contributed by atoms with Gasteiger partial charge in [0.25, 0.3) is 5.91 Å². The van der Waals surface area contributed by atoms with E-state index in [0.717, 1.165) is 6.07 Å². The van der Waals surface area contributed by atoms with Crippen molar-refractivity contribution in [2.75, 3.05) is 0 Å². The molecule has 0 aromatic heterocycles. The van der Waals surface area contributed by atoms with Gasteiger partial charge in [-0.2, -0.15) is 4.99 Å². The zero-order chi connectivity index (χ0) is 12.3. The van der Waals surface area contributed by atoms with Gasteiger partial charge in [0.1, 0.15) is 5.75 Å². The predicted molar refractivity (Wildman–Crippen MR) is 59.5 cm³/mol. The van der Waals surface area contributed by atoms with Gasteiger partial charge in [-0.1, -0.05) is 11.6 Å². The number of hydrogen-bond acceptors (Lipinski definition) is 2. The number of nitrogens with zero attached hydrogens (tertiary/aromatic N) is 2. The summed E-state index contributed by atoms with van der Waals surface area (Å²) in [5, 5.41) is 9.39. The van der Waals surface area contributed by atoms with Crippen LogP contribution in [0.25, 0.3) is 4.85 Å². The predicted octanol–water partition coefficient (Wildman–Crippen LogP) is 1.01. The van der Waals surface area contributed by atoms with Gasteiger partial charge in [-0.25, -0.2) is 4.85 Å². The number of aliphatic imine (C=N–C) groups is 1. The average molecular weight is 239 g/mol. The van der Waals surface area contributed by atoms with Crippen LogP contribution < -0.4 is 11.5 Å². The molecule has 0 spiro atoms. The van der Waals surface area contributed by atoms with Crippen LogP contribution in [0.4, 0.5) is 5.69 Å². The fourth-order valence-electron chi connectivity index (χ4n) is 0.990. The van der Waals surface area contributed by atoms with Crippen LogP contribution in [0.1, 0.15) is 10.4 Å². The first-order valence-electron chi connectivity index (χ1n) is 3.99. The van der Waals surface area contributed by atoms with E-state index in [1.807, 2.05) is 0 Å². The molecule has 0 bridgehead atoms. The maximum atomic E-state index is 11.4. The van der Waals surface area contributed by atoms with Gasteiger partial charge < -0.3 is 16.6 Å². The number of nitrogens with two attached hydrogens (primary N) is 2. The van der Waals surface area contributed by atoms with E-state index in [0.29, 0.717) is 0 Å². The second-order valence-electron chi connectivity index (χ2n) is 2.78. The Bertz CT molecular complexity index is 515. The molecule has 16 heavy (non-hydrogen) atoms.